The summed E-state index contributed by atoms with van der Waals surface area (Å²) in [4.78, 5) is 33.9. The maximum atomic E-state index is 12.4. The number of hydrogen-bond acceptors (Lipinski definition) is 10. The molecule has 1 unspecified atom stereocenters. The fourth-order valence-corrected chi connectivity index (χ4v) is 4.45. The van der Waals surface area contributed by atoms with Gasteiger partial charge in [-0.05, 0) is 25.1 Å². The lowest BCUT2D eigenvalue weighted by molar-refractivity contribution is -0.138. The van der Waals surface area contributed by atoms with Gasteiger partial charge >= 0.3 is 5.97 Å². The molecule has 1 atom stereocenters. The normalized spacial score (nSPS) is 16.9. The Labute approximate surface area is 247 Å². The number of amidine groups is 1. The standard InChI is InChI=1S/C18H24N4O5S.C6H4BrF.C4H10/c1-2-27-18(24)14-9-20-16(17-19-3-8-28-17)21-15(14)10-22-4-6-25-11-13(22)12-26-7-5-23;7-5-2-1-3-6(8)4-5;1-3-4-2/h3,5,8,13H,2,4,6-7,9-12H2,1H3,(H,20,21);1-4H;3-4H2,1-2H3. The Kier molecular flexibility index (Phi) is 16.5. The maximum Gasteiger partial charge on any atom is 0.337 e. The van der Waals surface area contributed by atoms with Gasteiger partial charge in [0.25, 0.3) is 0 Å². The van der Waals surface area contributed by atoms with Crippen LogP contribution in [0, 0.1) is 5.82 Å². The van der Waals surface area contributed by atoms with Crippen LogP contribution < -0.4 is 5.32 Å². The van der Waals surface area contributed by atoms with Crippen molar-refractivity contribution in [2.24, 2.45) is 4.99 Å². The van der Waals surface area contributed by atoms with Crippen LogP contribution in [-0.2, 0) is 23.8 Å². The van der Waals surface area contributed by atoms with Crippen molar-refractivity contribution in [3.8, 4) is 0 Å². The first kappa shape index (κ1) is 33.7. The topological polar surface area (TPSA) is 102 Å². The predicted molar refractivity (Wildman–Crippen MR) is 158 cm³/mol. The van der Waals surface area contributed by atoms with Gasteiger partial charge in [0, 0.05) is 34.8 Å². The van der Waals surface area contributed by atoms with E-state index in [-0.39, 0.29) is 31.0 Å². The average molecular weight is 642 g/mol. The molecule has 1 N–H and O–H groups in total. The third-order valence-corrected chi connectivity index (χ3v) is 6.95. The molecule has 1 saturated heterocycles. The van der Waals surface area contributed by atoms with Crippen molar-refractivity contribution >= 4 is 45.4 Å². The van der Waals surface area contributed by atoms with Crippen molar-refractivity contribution in [3.63, 3.8) is 0 Å². The highest BCUT2D eigenvalue weighted by Gasteiger charge is 2.29. The number of aliphatic imine (C=N–C) groups is 1. The second-order valence-corrected chi connectivity index (χ2v) is 10.5. The van der Waals surface area contributed by atoms with Gasteiger partial charge in [-0.2, -0.15) is 0 Å². The molecule has 4 rings (SSSR count). The smallest absolute Gasteiger partial charge is 0.337 e. The van der Waals surface area contributed by atoms with Crippen LogP contribution in [0.25, 0.3) is 0 Å². The number of hydrogen-bond donors (Lipinski definition) is 1. The van der Waals surface area contributed by atoms with E-state index in [1.807, 2.05) is 5.38 Å². The molecule has 9 nitrogen and oxygen atoms in total. The van der Waals surface area contributed by atoms with Crippen LogP contribution in [0.15, 0.2) is 56.6 Å². The molecule has 0 saturated carbocycles. The third kappa shape index (κ3) is 11.9. The van der Waals surface area contributed by atoms with E-state index in [1.165, 1.54) is 36.3 Å². The summed E-state index contributed by atoms with van der Waals surface area (Å²) in [6, 6.07) is 6.25. The molecule has 0 bridgehead atoms. The first-order valence-corrected chi connectivity index (χ1v) is 14.9. The van der Waals surface area contributed by atoms with Crippen molar-refractivity contribution < 1.29 is 28.2 Å². The number of unbranched alkanes of at least 4 members (excludes halogenated alkanes) is 1. The zero-order valence-electron chi connectivity index (χ0n) is 23.2. The number of carbonyl (C=O) groups is 2. The summed E-state index contributed by atoms with van der Waals surface area (Å²) in [5.74, 6) is 0.0772. The summed E-state index contributed by atoms with van der Waals surface area (Å²) >= 11 is 4.60. The van der Waals surface area contributed by atoms with Crippen molar-refractivity contribution in [1.29, 1.82) is 0 Å². The summed E-state index contributed by atoms with van der Waals surface area (Å²) in [7, 11) is 0. The van der Waals surface area contributed by atoms with Crippen molar-refractivity contribution in [2.75, 3.05) is 52.7 Å². The third-order valence-electron chi connectivity index (χ3n) is 5.68. The maximum absolute atomic E-state index is 12.4. The highest BCUT2D eigenvalue weighted by atomic mass is 79.9. The number of nitrogens with zero attached hydrogens (tertiary/aromatic N) is 3. The second-order valence-electron chi connectivity index (χ2n) is 8.65. The van der Waals surface area contributed by atoms with Crippen LogP contribution in [-0.4, -0.2) is 86.7 Å². The summed E-state index contributed by atoms with van der Waals surface area (Å²) in [6.45, 7) is 9.42. The number of thiazole rings is 1. The van der Waals surface area contributed by atoms with E-state index < -0.39 is 0 Å². The number of benzene rings is 1. The van der Waals surface area contributed by atoms with Gasteiger partial charge in [-0.15, -0.1) is 11.3 Å². The Balaban J connectivity index is 0.000000387. The van der Waals surface area contributed by atoms with E-state index in [0.717, 1.165) is 21.5 Å². The fraction of sp³-hybridized carbons (Fsp3) is 0.500. The van der Waals surface area contributed by atoms with Gasteiger partial charge in [0.1, 0.15) is 18.7 Å². The molecule has 2 aliphatic rings. The molecule has 220 valence electrons. The first-order chi connectivity index (χ1) is 19.4. The monoisotopic (exact) mass is 640 g/mol. The van der Waals surface area contributed by atoms with E-state index in [2.05, 4.69) is 50.0 Å². The van der Waals surface area contributed by atoms with Crippen LogP contribution in [0.5, 0.6) is 0 Å². The molecular formula is C28H38BrFN4O5S. The molecule has 12 heteroatoms. The molecule has 0 amide bonds. The molecule has 1 fully saturated rings. The van der Waals surface area contributed by atoms with Gasteiger partial charge in [-0.1, -0.05) is 48.7 Å². The lowest BCUT2D eigenvalue weighted by atomic mass is 10.1. The molecule has 40 heavy (non-hydrogen) atoms. The van der Waals surface area contributed by atoms with Crippen molar-refractivity contribution in [3.05, 3.63) is 62.4 Å². The van der Waals surface area contributed by atoms with E-state index in [9.17, 15) is 14.0 Å². The zero-order chi connectivity index (χ0) is 29.2. The molecule has 1 aromatic heterocycles. The van der Waals surface area contributed by atoms with E-state index in [4.69, 9.17) is 14.2 Å². The minimum atomic E-state index is -0.367. The SMILES string of the molecule is CCCC.CCOC(=O)C1=C(CN2CCOCC2COCC=O)NC(c2nccs2)=NC1.Fc1cccc(Br)c1. The van der Waals surface area contributed by atoms with Crippen LogP contribution in [0.3, 0.4) is 0 Å². The number of aromatic nitrogens is 1. The van der Waals surface area contributed by atoms with Crippen molar-refractivity contribution in [2.45, 2.75) is 39.7 Å². The summed E-state index contributed by atoms with van der Waals surface area (Å²) in [6.07, 6.45) is 5.09. The number of aldehydes is 1. The van der Waals surface area contributed by atoms with E-state index in [1.54, 1.807) is 25.3 Å². The number of halogens is 2. The molecule has 1 aromatic carbocycles. The molecule has 2 aliphatic heterocycles. The lowest BCUT2D eigenvalue weighted by Crippen LogP contribution is -2.50. The Morgan fingerprint density at radius 2 is 2.12 bits per heavy atom. The number of esters is 1. The van der Waals surface area contributed by atoms with E-state index in [0.29, 0.717) is 50.9 Å². The first-order valence-electron chi connectivity index (χ1n) is 13.3. The van der Waals surface area contributed by atoms with Gasteiger partial charge in [0.05, 0.1) is 44.6 Å². The average Bonchev–Trinajstić information content (AvgIpc) is 3.50. The number of morpholine rings is 1. The number of rotatable bonds is 10. The van der Waals surface area contributed by atoms with Crippen LogP contribution in [0.1, 0.15) is 38.6 Å². The quantitative estimate of drug-likeness (QED) is 0.228. The Bertz CT molecular complexity index is 1080. The minimum absolute atomic E-state index is 0.00590. The van der Waals surface area contributed by atoms with Gasteiger partial charge in [-0.3, -0.25) is 9.89 Å². The number of nitrogens with one attached hydrogen (secondary N) is 1. The fourth-order valence-electron chi connectivity index (χ4n) is 3.48. The zero-order valence-corrected chi connectivity index (χ0v) is 25.6. The lowest BCUT2D eigenvalue weighted by Gasteiger charge is -2.36. The molecule has 0 radical (unpaired) electrons. The number of ether oxygens (including phenoxy) is 3. The Morgan fingerprint density at radius 3 is 2.73 bits per heavy atom. The Morgan fingerprint density at radius 1 is 1.32 bits per heavy atom. The molecule has 0 aliphatic carbocycles. The molecule has 0 spiro atoms. The summed E-state index contributed by atoms with van der Waals surface area (Å²) in [5, 5.41) is 5.93. The predicted octanol–water partition coefficient (Wildman–Crippen LogP) is 4.62. The largest absolute Gasteiger partial charge is 0.463 e. The molecule has 2 aromatic rings. The summed E-state index contributed by atoms with van der Waals surface area (Å²) in [5.41, 5.74) is 1.27. The van der Waals surface area contributed by atoms with Gasteiger partial charge in [0.15, 0.2) is 10.8 Å². The Hall–Kier alpha value is -2.51. The molecular weight excluding hydrogens is 603 g/mol. The van der Waals surface area contributed by atoms with Crippen LogP contribution >= 0.6 is 27.3 Å². The highest BCUT2D eigenvalue weighted by Crippen LogP contribution is 2.18. The van der Waals surface area contributed by atoms with E-state index >= 15 is 0 Å². The second kappa shape index (κ2) is 19.5. The van der Waals surface area contributed by atoms with Gasteiger partial charge in [-0.25, -0.2) is 14.2 Å². The molecule has 3 heterocycles. The summed E-state index contributed by atoms with van der Waals surface area (Å²) < 4.78 is 29.1. The van der Waals surface area contributed by atoms with Crippen LogP contribution in [0.4, 0.5) is 4.39 Å². The van der Waals surface area contributed by atoms with Crippen LogP contribution in [0.2, 0.25) is 0 Å². The minimum Gasteiger partial charge on any atom is -0.463 e. The highest BCUT2D eigenvalue weighted by molar-refractivity contribution is 9.10. The van der Waals surface area contributed by atoms with Gasteiger partial charge in [0.2, 0.25) is 0 Å². The van der Waals surface area contributed by atoms with Gasteiger partial charge < -0.3 is 24.3 Å². The number of carbonyl (C=O) groups excluding carboxylic acids is 2. The van der Waals surface area contributed by atoms with Crippen molar-refractivity contribution in [1.82, 2.24) is 15.2 Å².